The van der Waals surface area contributed by atoms with Crippen LogP contribution in [0.25, 0.3) is 41.0 Å². The Bertz CT molecular complexity index is 1150. The Morgan fingerprint density at radius 1 is 0.500 bits per heavy atom. The largest absolute Gasteiger partial charge is 0.255 e. The monoisotopic (exact) mass is 479 g/mol. The number of rotatable bonds is 11. The minimum Gasteiger partial charge on any atom is -0.255 e. The molecule has 0 amide bonds. The minimum atomic E-state index is 0.876. The molecule has 0 saturated carbocycles. The second kappa shape index (κ2) is 13.7. The van der Waals surface area contributed by atoms with E-state index < -0.39 is 0 Å². The van der Waals surface area contributed by atoms with Crippen molar-refractivity contribution in [1.82, 2.24) is 15.0 Å². The van der Waals surface area contributed by atoms with E-state index in [1.54, 1.807) is 0 Å². The molecule has 0 N–H and O–H groups in total. The first-order chi connectivity index (χ1) is 17.5. The van der Waals surface area contributed by atoms with Gasteiger partial charge in [-0.1, -0.05) is 76.5 Å². The Balaban J connectivity index is 2.15. The molecule has 0 saturated heterocycles. The van der Waals surface area contributed by atoms with E-state index in [4.69, 9.17) is 15.0 Å². The molecule has 0 atom stereocenters. The molecule has 3 nitrogen and oxygen atoms in total. The van der Waals surface area contributed by atoms with Crippen LogP contribution in [0.5, 0.6) is 0 Å². The SMILES string of the molecule is CCC(=Cc1ccnc(-c2cc(C=C(CC)CC)cc(-c3cc(C=C(CC)CC)ccn3)n2)c1)CC. The third-order valence-corrected chi connectivity index (χ3v) is 6.78. The van der Waals surface area contributed by atoms with Gasteiger partial charge >= 0.3 is 0 Å². The van der Waals surface area contributed by atoms with Crippen LogP contribution in [0.15, 0.2) is 65.5 Å². The maximum absolute atomic E-state index is 5.06. The molecule has 3 aromatic heterocycles. The third kappa shape index (κ3) is 7.34. The molecule has 0 unspecified atom stereocenters. The average molecular weight is 480 g/mol. The predicted molar refractivity (Wildman–Crippen MR) is 156 cm³/mol. The van der Waals surface area contributed by atoms with Gasteiger partial charge in [0.05, 0.1) is 22.8 Å². The summed E-state index contributed by atoms with van der Waals surface area (Å²) in [5, 5.41) is 0. The van der Waals surface area contributed by atoms with E-state index in [9.17, 15) is 0 Å². The Kier molecular flexibility index (Phi) is 10.4. The van der Waals surface area contributed by atoms with Crippen LogP contribution < -0.4 is 0 Å². The van der Waals surface area contributed by atoms with E-state index in [2.05, 4.69) is 96.2 Å². The molecule has 0 fully saturated rings. The molecular weight excluding hydrogens is 438 g/mol. The normalized spacial score (nSPS) is 10.6. The van der Waals surface area contributed by atoms with Gasteiger partial charge in [-0.15, -0.1) is 0 Å². The highest BCUT2D eigenvalue weighted by Gasteiger charge is 2.10. The highest BCUT2D eigenvalue weighted by atomic mass is 14.8. The fraction of sp³-hybridized carbons (Fsp3) is 0.364. The first kappa shape index (κ1) is 27.3. The van der Waals surface area contributed by atoms with Crippen LogP contribution in [0.3, 0.4) is 0 Å². The Labute approximate surface area is 218 Å². The van der Waals surface area contributed by atoms with Crippen LogP contribution in [0.2, 0.25) is 0 Å². The van der Waals surface area contributed by atoms with E-state index in [1.807, 2.05) is 12.4 Å². The lowest BCUT2D eigenvalue weighted by Crippen LogP contribution is -1.95. The maximum Gasteiger partial charge on any atom is 0.0900 e. The van der Waals surface area contributed by atoms with Gasteiger partial charge in [0, 0.05) is 12.4 Å². The second-order valence-corrected chi connectivity index (χ2v) is 9.15. The molecule has 3 heterocycles. The highest BCUT2D eigenvalue weighted by molar-refractivity contribution is 5.71. The molecule has 3 aromatic rings. The molecule has 3 rings (SSSR count). The van der Waals surface area contributed by atoms with Gasteiger partial charge in [0.15, 0.2) is 0 Å². The fourth-order valence-electron chi connectivity index (χ4n) is 4.32. The third-order valence-electron chi connectivity index (χ3n) is 6.78. The summed E-state index contributed by atoms with van der Waals surface area (Å²) in [5.74, 6) is 0. The lowest BCUT2D eigenvalue weighted by atomic mass is 10.0. The Morgan fingerprint density at radius 2 is 0.833 bits per heavy atom. The number of pyridine rings is 3. The van der Waals surface area contributed by atoms with Crippen molar-refractivity contribution in [2.45, 2.75) is 80.1 Å². The second-order valence-electron chi connectivity index (χ2n) is 9.15. The Morgan fingerprint density at radius 3 is 1.19 bits per heavy atom. The smallest absolute Gasteiger partial charge is 0.0900 e. The average Bonchev–Trinajstić information content (AvgIpc) is 2.93. The van der Waals surface area contributed by atoms with E-state index in [0.717, 1.165) is 66.9 Å². The summed E-state index contributed by atoms with van der Waals surface area (Å²) in [6.07, 6.45) is 16.9. The van der Waals surface area contributed by atoms with Crippen molar-refractivity contribution in [2.24, 2.45) is 0 Å². The van der Waals surface area contributed by atoms with Gasteiger partial charge in [0.1, 0.15) is 0 Å². The van der Waals surface area contributed by atoms with Crippen LogP contribution in [0.1, 0.15) is 96.8 Å². The van der Waals surface area contributed by atoms with Crippen LogP contribution in [0.4, 0.5) is 0 Å². The van der Waals surface area contributed by atoms with E-state index in [-0.39, 0.29) is 0 Å². The summed E-state index contributed by atoms with van der Waals surface area (Å²) < 4.78 is 0. The van der Waals surface area contributed by atoms with Gasteiger partial charge in [-0.2, -0.15) is 0 Å². The van der Waals surface area contributed by atoms with E-state index >= 15 is 0 Å². The number of hydrogen-bond donors (Lipinski definition) is 0. The van der Waals surface area contributed by atoms with Crippen molar-refractivity contribution in [2.75, 3.05) is 0 Å². The molecule has 36 heavy (non-hydrogen) atoms. The first-order valence-electron chi connectivity index (χ1n) is 13.6. The summed E-state index contributed by atoms with van der Waals surface area (Å²) in [5.41, 5.74) is 11.3. The number of nitrogens with zero attached hydrogens (tertiary/aromatic N) is 3. The quantitative estimate of drug-likeness (QED) is 0.275. The standard InChI is InChI=1S/C33H41N3/c1-7-24(8-2)17-27-13-15-34-30(20-27)32-22-29(19-26(11-5)12-6)23-33(36-32)31-21-28(14-16-35-31)18-25(9-3)10-4/h13-23H,7-12H2,1-6H3. The summed E-state index contributed by atoms with van der Waals surface area (Å²) >= 11 is 0. The van der Waals surface area contributed by atoms with Crippen LogP contribution >= 0.6 is 0 Å². The van der Waals surface area contributed by atoms with Gasteiger partial charge in [-0.3, -0.25) is 9.97 Å². The van der Waals surface area contributed by atoms with E-state index in [1.165, 1.54) is 27.8 Å². The van der Waals surface area contributed by atoms with Crippen LogP contribution in [-0.2, 0) is 0 Å². The van der Waals surface area contributed by atoms with Gasteiger partial charge < -0.3 is 0 Å². The van der Waals surface area contributed by atoms with E-state index in [0.29, 0.717) is 0 Å². The lowest BCUT2D eigenvalue weighted by molar-refractivity contribution is 0.989. The molecule has 0 aliphatic rings. The first-order valence-corrected chi connectivity index (χ1v) is 13.6. The van der Waals surface area contributed by atoms with Crippen molar-refractivity contribution in [1.29, 1.82) is 0 Å². The number of hydrogen-bond acceptors (Lipinski definition) is 3. The summed E-state index contributed by atoms with van der Waals surface area (Å²) in [6.45, 7) is 13.3. The van der Waals surface area contributed by atoms with Gasteiger partial charge in [-0.25, -0.2) is 4.98 Å². The highest BCUT2D eigenvalue weighted by Crippen LogP contribution is 2.27. The Hall–Kier alpha value is -3.33. The molecule has 0 aliphatic carbocycles. The molecule has 0 radical (unpaired) electrons. The number of aromatic nitrogens is 3. The summed E-state index contributed by atoms with van der Waals surface area (Å²) in [4.78, 5) is 14.5. The van der Waals surface area contributed by atoms with Crippen molar-refractivity contribution in [3.8, 4) is 22.8 Å². The minimum absolute atomic E-state index is 0.876. The number of allylic oxidation sites excluding steroid dienone is 3. The summed E-state index contributed by atoms with van der Waals surface area (Å²) in [7, 11) is 0. The zero-order valence-electron chi connectivity index (χ0n) is 22.9. The van der Waals surface area contributed by atoms with Crippen molar-refractivity contribution >= 4 is 18.2 Å². The van der Waals surface area contributed by atoms with Crippen molar-refractivity contribution in [3.05, 3.63) is 82.2 Å². The summed E-state index contributed by atoms with van der Waals surface area (Å²) in [6, 6.07) is 12.7. The topological polar surface area (TPSA) is 38.7 Å². The zero-order valence-corrected chi connectivity index (χ0v) is 22.9. The van der Waals surface area contributed by atoms with Crippen molar-refractivity contribution < 1.29 is 0 Å². The lowest BCUT2D eigenvalue weighted by Gasteiger charge is -2.10. The van der Waals surface area contributed by atoms with Crippen LogP contribution in [-0.4, -0.2) is 15.0 Å². The van der Waals surface area contributed by atoms with Gasteiger partial charge in [0.2, 0.25) is 0 Å². The molecule has 0 aromatic carbocycles. The molecule has 0 spiro atoms. The molecule has 3 heteroatoms. The van der Waals surface area contributed by atoms with Gasteiger partial charge in [-0.05, 0) is 91.6 Å². The molecule has 0 bridgehead atoms. The van der Waals surface area contributed by atoms with Crippen LogP contribution in [0, 0.1) is 0 Å². The zero-order chi connectivity index (χ0) is 25.9. The predicted octanol–water partition coefficient (Wildman–Crippen LogP) is 9.82. The fourth-order valence-corrected chi connectivity index (χ4v) is 4.32. The maximum atomic E-state index is 5.06. The molecule has 0 aliphatic heterocycles. The van der Waals surface area contributed by atoms with Crippen molar-refractivity contribution in [3.63, 3.8) is 0 Å². The molecule has 188 valence electrons. The van der Waals surface area contributed by atoms with Gasteiger partial charge in [0.25, 0.3) is 0 Å². The molecular formula is C33H41N3.